The molecule has 104 valence electrons. The predicted molar refractivity (Wildman–Crippen MR) is 85.6 cm³/mol. The van der Waals surface area contributed by atoms with Crippen molar-refractivity contribution in [2.45, 2.75) is 0 Å². The van der Waals surface area contributed by atoms with Gasteiger partial charge >= 0.3 is 0 Å². The predicted octanol–water partition coefficient (Wildman–Crippen LogP) is 4.84. The number of anilines is 2. The molecule has 0 saturated heterocycles. The molecule has 0 aliphatic rings. The van der Waals surface area contributed by atoms with Crippen molar-refractivity contribution in [3.8, 4) is 0 Å². The fraction of sp³-hybridized carbons (Fsp3) is 0. The van der Waals surface area contributed by atoms with Gasteiger partial charge in [-0.3, -0.25) is 4.79 Å². The van der Waals surface area contributed by atoms with E-state index in [1.54, 1.807) is 12.1 Å². The summed E-state index contributed by atoms with van der Waals surface area (Å²) in [7, 11) is 0. The van der Waals surface area contributed by atoms with Crippen molar-refractivity contribution >= 4 is 60.7 Å². The average molecular weight is 422 g/mol. The van der Waals surface area contributed by atoms with Gasteiger partial charge in [0.05, 0.1) is 22.0 Å². The Hall–Kier alpha value is -1.11. The zero-order chi connectivity index (χ0) is 14.9. The molecule has 0 atom stereocenters. The number of nitrogen functional groups attached to an aromatic ring is 1. The molecule has 0 fully saturated rings. The molecule has 1 amide bonds. The third kappa shape index (κ3) is 3.13. The first-order valence-corrected chi connectivity index (χ1v) is 7.36. The third-order valence-corrected chi connectivity index (χ3v) is 3.90. The SMILES string of the molecule is Nc1cc(Br)cc(Br)c1NC(=O)c1cccc(Cl)c1F. The van der Waals surface area contributed by atoms with Crippen LogP contribution in [0, 0.1) is 5.82 Å². The van der Waals surface area contributed by atoms with Gasteiger partial charge in [-0.2, -0.15) is 0 Å². The van der Waals surface area contributed by atoms with Gasteiger partial charge in [-0.1, -0.05) is 33.6 Å². The summed E-state index contributed by atoms with van der Waals surface area (Å²) < 4.78 is 15.1. The van der Waals surface area contributed by atoms with Crippen molar-refractivity contribution in [3.63, 3.8) is 0 Å². The van der Waals surface area contributed by atoms with Gasteiger partial charge in [0.25, 0.3) is 5.91 Å². The lowest BCUT2D eigenvalue weighted by Gasteiger charge is -2.11. The topological polar surface area (TPSA) is 55.1 Å². The number of halogens is 4. The summed E-state index contributed by atoms with van der Waals surface area (Å²) in [4.78, 5) is 12.1. The second kappa shape index (κ2) is 6.11. The Bertz CT molecular complexity index is 671. The van der Waals surface area contributed by atoms with Crippen LogP contribution in [0.3, 0.4) is 0 Å². The molecule has 20 heavy (non-hydrogen) atoms. The summed E-state index contributed by atoms with van der Waals surface area (Å²) in [6.07, 6.45) is 0. The number of carbonyl (C=O) groups is 1. The van der Waals surface area contributed by atoms with Gasteiger partial charge < -0.3 is 11.1 Å². The summed E-state index contributed by atoms with van der Waals surface area (Å²) >= 11 is 12.2. The fourth-order valence-corrected chi connectivity index (χ4v) is 3.12. The quantitative estimate of drug-likeness (QED) is 0.681. The third-order valence-electron chi connectivity index (χ3n) is 2.52. The first-order chi connectivity index (χ1) is 9.40. The van der Waals surface area contributed by atoms with E-state index in [4.69, 9.17) is 17.3 Å². The molecule has 0 aromatic heterocycles. The summed E-state index contributed by atoms with van der Waals surface area (Å²) in [6.45, 7) is 0. The van der Waals surface area contributed by atoms with E-state index in [1.165, 1.54) is 18.2 Å². The highest BCUT2D eigenvalue weighted by Gasteiger charge is 2.16. The Morgan fingerprint density at radius 3 is 2.65 bits per heavy atom. The molecule has 2 rings (SSSR count). The first kappa shape index (κ1) is 15.3. The van der Waals surface area contributed by atoms with Crippen LogP contribution in [0.5, 0.6) is 0 Å². The number of hydrogen-bond donors (Lipinski definition) is 2. The smallest absolute Gasteiger partial charge is 0.258 e. The van der Waals surface area contributed by atoms with Crippen molar-refractivity contribution in [1.29, 1.82) is 0 Å². The van der Waals surface area contributed by atoms with E-state index in [1.807, 2.05) is 0 Å². The van der Waals surface area contributed by atoms with Gasteiger partial charge in [-0.25, -0.2) is 4.39 Å². The second-order valence-corrected chi connectivity index (χ2v) is 6.08. The van der Waals surface area contributed by atoms with Crippen LogP contribution in [0.15, 0.2) is 39.3 Å². The Balaban J connectivity index is 2.36. The monoisotopic (exact) mass is 420 g/mol. The van der Waals surface area contributed by atoms with E-state index in [0.717, 1.165) is 4.47 Å². The Morgan fingerprint density at radius 1 is 1.30 bits per heavy atom. The van der Waals surface area contributed by atoms with Crippen LogP contribution in [0.1, 0.15) is 10.4 Å². The number of rotatable bonds is 2. The number of nitrogens with one attached hydrogen (secondary N) is 1. The number of carbonyl (C=O) groups excluding carboxylic acids is 1. The highest BCUT2D eigenvalue weighted by Crippen LogP contribution is 2.33. The van der Waals surface area contributed by atoms with E-state index in [-0.39, 0.29) is 10.6 Å². The van der Waals surface area contributed by atoms with Gasteiger partial charge in [-0.05, 0) is 40.2 Å². The fourth-order valence-electron chi connectivity index (χ4n) is 1.59. The lowest BCUT2D eigenvalue weighted by atomic mass is 10.2. The van der Waals surface area contributed by atoms with Gasteiger partial charge in [0.15, 0.2) is 5.82 Å². The summed E-state index contributed by atoms with van der Waals surface area (Å²) in [5, 5.41) is 2.45. The molecule has 0 aliphatic heterocycles. The van der Waals surface area contributed by atoms with Crippen molar-refractivity contribution in [2.24, 2.45) is 0 Å². The van der Waals surface area contributed by atoms with Gasteiger partial charge in [0, 0.05) is 8.95 Å². The standard InChI is InChI=1S/C13H8Br2ClFN2O/c14-6-4-8(15)12(10(18)5-6)19-13(20)7-2-1-3-9(16)11(7)17/h1-5H,18H2,(H,19,20). The number of amides is 1. The molecule has 0 radical (unpaired) electrons. The Morgan fingerprint density at radius 2 is 2.00 bits per heavy atom. The normalized spacial score (nSPS) is 10.4. The van der Waals surface area contributed by atoms with E-state index in [2.05, 4.69) is 37.2 Å². The number of hydrogen-bond acceptors (Lipinski definition) is 2. The van der Waals surface area contributed by atoms with E-state index in [9.17, 15) is 9.18 Å². The molecule has 0 unspecified atom stereocenters. The summed E-state index contributed by atoms with van der Waals surface area (Å²) in [6, 6.07) is 7.58. The molecule has 2 aromatic carbocycles. The Labute approximate surface area is 136 Å². The van der Waals surface area contributed by atoms with Gasteiger partial charge in [-0.15, -0.1) is 0 Å². The van der Waals surface area contributed by atoms with E-state index >= 15 is 0 Å². The molecular formula is C13H8Br2ClFN2O. The van der Waals surface area contributed by atoms with E-state index in [0.29, 0.717) is 15.8 Å². The minimum Gasteiger partial charge on any atom is -0.397 e. The molecule has 2 aromatic rings. The van der Waals surface area contributed by atoms with Crippen LogP contribution < -0.4 is 11.1 Å². The Kier molecular flexibility index (Phi) is 4.67. The van der Waals surface area contributed by atoms with Gasteiger partial charge in [0.1, 0.15) is 0 Å². The van der Waals surface area contributed by atoms with Crippen molar-refractivity contribution in [1.82, 2.24) is 0 Å². The van der Waals surface area contributed by atoms with Crippen molar-refractivity contribution in [3.05, 3.63) is 55.7 Å². The van der Waals surface area contributed by atoms with Crippen LogP contribution >= 0.6 is 43.5 Å². The molecule has 0 heterocycles. The van der Waals surface area contributed by atoms with Crippen LogP contribution in [0.25, 0.3) is 0 Å². The molecule has 0 saturated carbocycles. The molecule has 0 spiro atoms. The molecular weight excluding hydrogens is 414 g/mol. The van der Waals surface area contributed by atoms with Crippen LogP contribution in [0.2, 0.25) is 5.02 Å². The minimum absolute atomic E-state index is 0.111. The maximum absolute atomic E-state index is 13.8. The molecule has 3 nitrogen and oxygen atoms in total. The number of benzene rings is 2. The second-order valence-electron chi connectivity index (χ2n) is 3.91. The number of nitrogens with two attached hydrogens (primary N) is 1. The van der Waals surface area contributed by atoms with Crippen LogP contribution in [0.4, 0.5) is 15.8 Å². The van der Waals surface area contributed by atoms with E-state index < -0.39 is 11.7 Å². The van der Waals surface area contributed by atoms with Crippen LogP contribution in [-0.4, -0.2) is 5.91 Å². The summed E-state index contributed by atoms with van der Waals surface area (Å²) in [5.74, 6) is -1.39. The van der Waals surface area contributed by atoms with Gasteiger partial charge in [0.2, 0.25) is 0 Å². The largest absolute Gasteiger partial charge is 0.397 e. The molecule has 0 aliphatic carbocycles. The molecule has 7 heteroatoms. The highest BCUT2D eigenvalue weighted by atomic mass is 79.9. The summed E-state index contributed by atoms with van der Waals surface area (Å²) in [5.41, 5.74) is 6.40. The minimum atomic E-state index is -0.765. The lowest BCUT2D eigenvalue weighted by molar-refractivity contribution is 0.102. The van der Waals surface area contributed by atoms with Crippen molar-refractivity contribution in [2.75, 3.05) is 11.1 Å². The highest BCUT2D eigenvalue weighted by molar-refractivity contribution is 9.11. The maximum Gasteiger partial charge on any atom is 0.258 e. The zero-order valence-electron chi connectivity index (χ0n) is 9.88. The molecule has 3 N–H and O–H groups in total. The first-order valence-electron chi connectivity index (χ1n) is 5.40. The zero-order valence-corrected chi connectivity index (χ0v) is 13.8. The lowest BCUT2D eigenvalue weighted by Crippen LogP contribution is -2.15. The van der Waals surface area contributed by atoms with Crippen LogP contribution in [-0.2, 0) is 0 Å². The average Bonchev–Trinajstić information content (AvgIpc) is 2.36. The molecule has 0 bridgehead atoms. The van der Waals surface area contributed by atoms with Crippen molar-refractivity contribution < 1.29 is 9.18 Å². The maximum atomic E-state index is 13.8.